The van der Waals surface area contributed by atoms with Gasteiger partial charge in [-0.05, 0) is 49.9 Å². The van der Waals surface area contributed by atoms with Gasteiger partial charge >= 0.3 is 0 Å². The quantitative estimate of drug-likeness (QED) is 0.571. The summed E-state index contributed by atoms with van der Waals surface area (Å²) in [5.41, 5.74) is 1.94. The van der Waals surface area contributed by atoms with E-state index in [4.69, 9.17) is 4.42 Å². The monoisotopic (exact) mass is 504 g/mol. The molecule has 1 aromatic heterocycles. The standard InChI is InChI=1S/C25H32N4O3S.ClH/c1-18-8-6-9-19(2)22(18)28-23(31)25(11-4-3-5-12-25)29(16-20-10-7-15-32-20)21(30)17-33-24-26-13-14-27-24;/h6-10,15H,3-5,11-14,16-17H2,1-2H3,(H,26,27)(H,28,31);1H. The number of amides is 2. The number of aliphatic imine (C=N–C) groups is 1. The van der Waals surface area contributed by atoms with Crippen molar-refractivity contribution in [2.75, 3.05) is 24.2 Å². The number of anilines is 1. The van der Waals surface area contributed by atoms with Gasteiger partial charge in [0.05, 0.1) is 25.1 Å². The summed E-state index contributed by atoms with van der Waals surface area (Å²) in [4.78, 5) is 33.7. The molecule has 184 valence electrons. The largest absolute Gasteiger partial charge is 0.467 e. The highest BCUT2D eigenvalue weighted by Gasteiger charge is 2.47. The van der Waals surface area contributed by atoms with E-state index < -0.39 is 5.54 Å². The van der Waals surface area contributed by atoms with Crippen LogP contribution in [0.1, 0.15) is 49.0 Å². The van der Waals surface area contributed by atoms with Gasteiger partial charge in [0, 0.05) is 12.2 Å². The van der Waals surface area contributed by atoms with Crippen LogP contribution in [0.15, 0.2) is 46.0 Å². The van der Waals surface area contributed by atoms with Gasteiger partial charge in [0.25, 0.3) is 0 Å². The second-order valence-corrected chi connectivity index (χ2v) is 9.74. The van der Waals surface area contributed by atoms with E-state index in [1.807, 2.05) is 44.2 Å². The number of carbonyl (C=O) groups excluding carboxylic acids is 2. The summed E-state index contributed by atoms with van der Waals surface area (Å²) in [7, 11) is 0. The molecule has 9 heteroatoms. The summed E-state index contributed by atoms with van der Waals surface area (Å²) in [6.45, 7) is 5.79. The predicted octanol–water partition coefficient (Wildman–Crippen LogP) is 4.68. The number of para-hydroxylation sites is 1. The summed E-state index contributed by atoms with van der Waals surface area (Å²) >= 11 is 1.40. The van der Waals surface area contributed by atoms with Crippen molar-refractivity contribution in [1.82, 2.24) is 10.2 Å². The Bertz CT molecular complexity index is 999. The topological polar surface area (TPSA) is 86.9 Å². The Kier molecular flexibility index (Phi) is 9.08. The Morgan fingerprint density at radius 3 is 2.50 bits per heavy atom. The summed E-state index contributed by atoms with van der Waals surface area (Å²) in [6.07, 6.45) is 5.76. The van der Waals surface area contributed by atoms with Crippen LogP contribution < -0.4 is 10.6 Å². The minimum Gasteiger partial charge on any atom is -0.467 e. The minimum atomic E-state index is -0.914. The second kappa shape index (κ2) is 11.8. The Morgan fingerprint density at radius 2 is 1.88 bits per heavy atom. The number of thioether (sulfide) groups is 1. The van der Waals surface area contributed by atoms with Gasteiger partial charge < -0.3 is 20.0 Å². The lowest BCUT2D eigenvalue weighted by atomic mass is 9.79. The summed E-state index contributed by atoms with van der Waals surface area (Å²) in [5, 5.41) is 7.18. The summed E-state index contributed by atoms with van der Waals surface area (Å²) in [5.74, 6) is 0.715. The molecule has 2 heterocycles. The zero-order valence-corrected chi connectivity index (χ0v) is 21.4. The third-order valence-electron chi connectivity index (χ3n) is 6.51. The number of rotatable bonds is 7. The number of carbonyl (C=O) groups is 2. The molecular formula is C25H33ClN4O3S. The fourth-order valence-electron chi connectivity index (χ4n) is 4.72. The molecule has 1 saturated carbocycles. The van der Waals surface area contributed by atoms with E-state index in [9.17, 15) is 9.59 Å². The van der Waals surface area contributed by atoms with Crippen LogP contribution in [-0.4, -0.2) is 46.3 Å². The first kappa shape index (κ1) is 26.2. The molecule has 2 aliphatic rings. The Hall–Kier alpha value is -2.45. The Labute approximate surface area is 211 Å². The molecule has 1 aliphatic heterocycles. The van der Waals surface area contributed by atoms with Gasteiger partial charge in [-0.3, -0.25) is 14.6 Å². The molecule has 1 aromatic carbocycles. The molecule has 0 spiro atoms. The van der Waals surface area contributed by atoms with E-state index >= 15 is 0 Å². The van der Waals surface area contributed by atoms with Crippen LogP contribution in [0.25, 0.3) is 0 Å². The number of aryl methyl sites for hydroxylation is 2. The maximum absolute atomic E-state index is 14.0. The van der Waals surface area contributed by atoms with Gasteiger partial charge in [-0.25, -0.2) is 0 Å². The molecule has 0 saturated heterocycles. The van der Waals surface area contributed by atoms with Gasteiger partial charge in [-0.15, -0.1) is 12.4 Å². The zero-order chi connectivity index (χ0) is 23.3. The number of hydrogen-bond donors (Lipinski definition) is 2. The van der Waals surface area contributed by atoms with Crippen LogP contribution in [0.2, 0.25) is 0 Å². The first-order valence-corrected chi connectivity index (χ1v) is 12.6. The lowest BCUT2D eigenvalue weighted by Gasteiger charge is -2.45. The molecule has 1 fully saturated rings. The lowest BCUT2D eigenvalue weighted by molar-refractivity contribution is -0.147. The first-order valence-electron chi connectivity index (χ1n) is 11.6. The molecule has 0 atom stereocenters. The minimum absolute atomic E-state index is 0. The van der Waals surface area contributed by atoms with Crippen molar-refractivity contribution in [2.24, 2.45) is 4.99 Å². The van der Waals surface area contributed by atoms with Crippen LogP contribution in [0.3, 0.4) is 0 Å². The fourth-order valence-corrected chi connectivity index (χ4v) is 5.52. The van der Waals surface area contributed by atoms with Crippen molar-refractivity contribution in [1.29, 1.82) is 0 Å². The Balaban J connectivity index is 0.00000324. The molecule has 0 unspecified atom stereocenters. The summed E-state index contributed by atoms with van der Waals surface area (Å²) in [6, 6.07) is 9.65. The highest BCUT2D eigenvalue weighted by molar-refractivity contribution is 8.14. The van der Waals surface area contributed by atoms with E-state index in [2.05, 4.69) is 15.6 Å². The summed E-state index contributed by atoms with van der Waals surface area (Å²) < 4.78 is 5.60. The molecule has 0 radical (unpaired) electrons. The second-order valence-electron chi connectivity index (χ2n) is 8.77. The number of nitrogens with zero attached hydrogens (tertiary/aromatic N) is 2. The van der Waals surface area contributed by atoms with E-state index in [0.29, 0.717) is 18.6 Å². The maximum Gasteiger partial charge on any atom is 0.250 e. The third kappa shape index (κ3) is 5.78. The van der Waals surface area contributed by atoms with Crippen molar-refractivity contribution in [3.63, 3.8) is 0 Å². The fraction of sp³-hybridized carbons (Fsp3) is 0.480. The molecule has 4 rings (SSSR count). The average Bonchev–Trinajstić information content (AvgIpc) is 3.53. The van der Waals surface area contributed by atoms with Crippen LogP contribution >= 0.6 is 24.2 Å². The molecule has 34 heavy (non-hydrogen) atoms. The normalized spacial score (nSPS) is 16.7. The average molecular weight is 505 g/mol. The molecule has 2 N–H and O–H groups in total. The van der Waals surface area contributed by atoms with Crippen molar-refractivity contribution in [2.45, 2.75) is 58.0 Å². The van der Waals surface area contributed by atoms with Gasteiger partial charge in [0.1, 0.15) is 11.3 Å². The van der Waals surface area contributed by atoms with Gasteiger partial charge in [-0.2, -0.15) is 0 Å². The molecule has 0 bridgehead atoms. The Morgan fingerprint density at radius 1 is 1.15 bits per heavy atom. The van der Waals surface area contributed by atoms with E-state index in [-0.39, 0.29) is 36.5 Å². The molecule has 2 aromatic rings. The number of hydrogen-bond acceptors (Lipinski definition) is 6. The van der Waals surface area contributed by atoms with E-state index in [0.717, 1.165) is 54.3 Å². The molecular weight excluding hydrogens is 472 g/mol. The van der Waals surface area contributed by atoms with Crippen LogP contribution in [0.5, 0.6) is 0 Å². The zero-order valence-electron chi connectivity index (χ0n) is 19.8. The van der Waals surface area contributed by atoms with Crippen molar-refractivity contribution >= 4 is 46.8 Å². The van der Waals surface area contributed by atoms with Crippen molar-refractivity contribution in [3.8, 4) is 0 Å². The smallest absolute Gasteiger partial charge is 0.250 e. The van der Waals surface area contributed by atoms with Gasteiger partial charge in [0.15, 0.2) is 5.17 Å². The predicted molar refractivity (Wildman–Crippen MR) is 140 cm³/mol. The number of furan rings is 1. The first-order chi connectivity index (χ1) is 16.0. The highest BCUT2D eigenvalue weighted by atomic mass is 35.5. The number of halogens is 1. The van der Waals surface area contributed by atoms with E-state index in [1.54, 1.807) is 11.2 Å². The highest BCUT2D eigenvalue weighted by Crippen LogP contribution is 2.37. The van der Waals surface area contributed by atoms with Crippen molar-refractivity contribution in [3.05, 3.63) is 53.5 Å². The van der Waals surface area contributed by atoms with Gasteiger partial charge in [0.2, 0.25) is 11.8 Å². The third-order valence-corrected chi connectivity index (χ3v) is 7.45. The number of nitrogens with one attached hydrogen (secondary N) is 2. The number of benzene rings is 1. The SMILES string of the molecule is Cc1cccc(C)c1NC(=O)C1(N(Cc2ccco2)C(=O)CSC2=NCCN2)CCCCC1.Cl. The lowest BCUT2D eigenvalue weighted by Crippen LogP contribution is -2.60. The van der Waals surface area contributed by atoms with Gasteiger partial charge in [-0.1, -0.05) is 49.2 Å². The van der Waals surface area contributed by atoms with Crippen LogP contribution in [0.4, 0.5) is 5.69 Å². The maximum atomic E-state index is 14.0. The molecule has 2 amide bonds. The van der Waals surface area contributed by atoms with Crippen LogP contribution in [0, 0.1) is 13.8 Å². The molecule has 7 nitrogen and oxygen atoms in total. The van der Waals surface area contributed by atoms with Crippen molar-refractivity contribution < 1.29 is 14.0 Å². The van der Waals surface area contributed by atoms with Crippen LogP contribution in [-0.2, 0) is 16.1 Å². The number of amidine groups is 1. The molecule has 1 aliphatic carbocycles. The van der Waals surface area contributed by atoms with E-state index in [1.165, 1.54) is 11.8 Å².